The topological polar surface area (TPSA) is 102 Å². The quantitative estimate of drug-likeness (QED) is 0.655. The van der Waals surface area contributed by atoms with E-state index in [-0.39, 0.29) is 17.6 Å². The van der Waals surface area contributed by atoms with Gasteiger partial charge in [-0.15, -0.1) is 0 Å². The summed E-state index contributed by atoms with van der Waals surface area (Å²) in [7, 11) is 0. The Balaban J connectivity index is 1.94. The predicted molar refractivity (Wildman–Crippen MR) is 101 cm³/mol. The average molecular weight is 368 g/mol. The summed E-state index contributed by atoms with van der Waals surface area (Å²) in [6, 6.07) is 12.3. The van der Waals surface area contributed by atoms with Crippen LogP contribution in [0.2, 0.25) is 0 Å². The third kappa shape index (κ3) is 4.63. The van der Waals surface area contributed by atoms with E-state index in [1.807, 2.05) is 32.0 Å². The number of oxazole rings is 1. The largest absolute Gasteiger partial charge is 0.481 e. The van der Waals surface area contributed by atoms with Gasteiger partial charge in [-0.05, 0) is 30.2 Å². The summed E-state index contributed by atoms with van der Waals surface area (Å²) in [4.78, 5) is 27.3. The summed E-state index contributed by atoms with van der Waals surface area (Å²) >= 11 is 0. The van der Waals surface area contributed by atoms with Gasteiger partial charge in [0.1, 0.15) is 11.3 Å². The van der Waals surface area contributed by atoms with E-state index in [1.165, 1.54) is 0 Å². The van der Waals surface area contributed by atoms with Crippen LogP contribution in [0.1, 0.15) is 20.3 Å². The number of nitrogens with one attached hydrogen (secondary N) is 1. The zero-order valence-corrected chi connectivity index (χ0v) is 15.1. The summed E-state index contributed by atoms with van der Waals surface area (Å²) < 4.78 is 11.2. The van der Waals surface area contributed by atoms with E-state index in [0.29, 0.717) is 34.7 Å². The van der Waals surface area contributed by atoms with Crippen LogP contribution in [0.25, 0.3) is 22.6 Å². The number of carboxylic acids is 1. The molecule has 0 radical (unpaired) electrons. The Hall–Kier alpha value is -3.35. The van der Waals surface area contributed by atoms with Gasteiger partial charge in [0, 0.05) is 18.2 Å². The van der Waals surface area contributed by atoms with Gasteiger partial charge in [0.2, 0.25) is 11.8 Å². The minimum Gasteiger partial charge on any atom is -0.481 e. The smallest absolute Gasteiger partial charge is 0.341 e. The molecule has 1 heterocycles. The van der Waals surface area contributed by atoms with Crippen LogP contribution < -0.4 is 10.1 Å². The highest BCUT2D eigenvalue weighted by Gasteiger charge is 2.16. The SMILES string of the molecule is CC(C)CC(=O)Nc1ccc(-c2nc3ccccc3o2)c(OCC(=O)O)c1. The molecule has 0 aliphatic heterocycles. The van der Waals surface area contributed by atoms with E-state index in [9.17, 15) is 9.59 Å². The van der Waals surface area contributed by atoms with Gasteiger partial charge in [0.25, 0.3) is 0 Å². The van der Waals surface area contributed by atoms with Crippen LogP contribution in [0.3, 0.4) is 0 Å². The number of para-hydroxylation sites is 2. The third-order valence-corrected chi connectivity index (χ3v) is 3.73. The number of rotatable bonds is 7. The molecule has 27 heavy (non-hydrogen) atoms. The monoisotopic (exact) mass is 368 g/mol. The fourth-order valence-electron chi connectivity index (χ4n) is 2.61. The molecule has 7 nitrogen and oxygen atoms in total. The molecule has 0 aliphatic carbocycles. The first-order valence-electron chi connectivity index (χ1n) is 8.57. The molecule has 0 spiro atoms. The predicted octanol–water partition coefficient (Wildman–Crippen LogP) is 3.94. The first-order valence-corrected chi connectivity index (χ1v) is 8.57. The Morgan fingerprint density at radius 2 is 2.00 bits per heavy atom. The van der Waals surface area contributed by atoms with E-state index >= 15 is 0 Å². The average Bonchev–Trinajstić information content (AvgIpc) is 3.03. The van der Waals surface area contributed by atoms with Gasteiger partial charge in [-0.25, -0.2) is 9.78 Å². The Bertz CT molecular complexity index is 944. The number of benzene rings is 2. The lowest BCUT2D eigenvalue weighted by atomic mass is 10.1. The summed E-state index contributed by atoms with van der Waals surface area (Å²) in [5, 5.41) is 11.7. The lowest BCUT2D eigenvalue weighted by Crippen LogP contribution is -2.14. The van der Waals surface area contributed by atoms with Gasteiger partial charge in [0.15, 0.2) is 12.2 Å². The molecule has 0 unspecified atom stereocenters. The normalized spacial score (nSPS) is 10.9. The van der Waals surface area contributed by atoms with Crippen LogP contribution in [-0.4, -0.2) is 28.6 Å². The summed E-state index contributed by atoms with van der Waals surface area (Å²) in [5.74, 6) is -0.411. The van der Waals surface area contributed by atoms with Gasteiger partial charge in [-0.3, -0.25) is 4.79 Å². The van der Waals surface area contributed by atoms with Crippen LogP contribution in [0.15, 0.2) is 46.9 Å². The van der Waals surface area contributed by atoms with Crippen LogP contribution >= 0.6 is 0 Å². The van der Waals surface area contributed by atoms with Gasteiger partial charge in [-0.2, -0.15) is 0 Å². The van der Waals surface area contributed by atoms with Crippen LogP contribution in [-0.2, 0) is 9.59 Å². The van der Waals surface area contributed by atoms with Crippen molar-refractivity contribution in [2.75, 3.05) is 11.9 Å². The van der Waals surface area contributed by atoms with E-state index in [0.717, 1.165) is 0 Å². The zero-order valence-electron chi connectivity index (χ0n) is 15.1. The van der Waals surface area contributed by atoms with Crippen molar-refractivity contribution in [2.45, 2.75) is 20.3 Å². The molecule has 3 rings (SSSR count). The molecule has 0 bridgehead atoms. The maximum absolute atomic E-state index is 12.0. The Labute approximate surface area is 156 Å². The number of hydrogen-bond donors (Lipinski definition) is 2. The molecule has 7 heteroatoms. The van der Waals surface area contributed by atoms with E-state index < -0.39 is 12.6 Å². The van der Waals surface area contributed by atoms with Crippen molar-refractivity contribution >= 4 is 28.7 Å². The fourth-order valence-corrected chi connectivity index (χ4v) is 2.61. The number of carbonyl (C=O) groups excluding carboxylic acids is 1. The molecule has 0 aliphatic rings. The Morgan fingerprint density at radius 1 is 1.22 bits per heavy atom. The van der Waals surface area contributed by atoms with Crippen LogP contribution in [0.5, 0.6) is 5.75 Å². The number of amides is 1. The number of aromatic nitrogens is 1. The molecule has 0 saturated carbocycles. The molecule has 1 amide bonds. The molecular formula is C20H20N2O5. The second-order valence-electron chi connectivity index (χ2n) is 6.53. The molecule has 1 aromatic heterocycles. The third-order valence-electron chi connectivity index (χ3n) is 3.73. The number of ether oxygens (including phenoxy) is 1. The Morgan fingerprint density at radius 3 is 2.70 bits per heavy atom. The molecule has 0 fully saturated rings. The van der Waals surface area contributed by atoms with Gasteiger partial charge in [0.05, 0.1) is 5.56 Å². The van der Waals surface area contributed by atoms with Gasteiger partial charge < -0.3 is 19.6 Å². The number of carbonyl (C=O) groups is 2. The highest BCUT2D eigenvalue weighted by Crippen LogP contribution is 2.34. The summed E-state index contributed by atoms with van der Waals surface area (Å²) in [6.45, 7) is 3.39. The zero-order chi connectivity index (χ0) is 19.4. The first kappa shape index (κ1) is 18.4. The van der Waals surface area contributed by atoms with Crippen LogP contribution in [0.4, 0.5) is 5.69 Å². The maximum Gasteiger partial charge on any atom is 0.341 e. The van der Waals surface area contributed by atoms with Crippen molar-refractivity contribution in [1.29, 1.82) is 0 Å². The summed E-state index contributed by atoms with van der Waals surface area (Å²) in [5.41, 5.74) is 2.33. The molecule has 0 saturated heterocycles. The highest BCUT2D eigenvalue weighted by atomic mass is 16.5. The number of fused-ring (bicyclic) bond motifs is 1. The van der Waals surface area contributed by atoms with E-state index in [2.05, 4.69) is 10.3 Å². The number of anilines is 1. The molecule has 2 N–H and O–H groups in total. The van der Waals surface area contributed by atoms with E-state index in [4.69, 9.17) is 14.3 Å². The number of carboxylic acid groups (broad SMARTS) is 1. The standard InChI is InChI=1S/C20H20N2O5/c1-12(2)9-18(23)21-13-7-8-14(17(10-13)26-11-19(24)25)20-22-15-5-3-4-6-16(15)27-20/h3-8,10,12H,9,11H2,1-2H3,(H,21,23)(H,24,25). The minimum atomic E-state index is -1.10. The van der Waals surface area contributed by atoms with Crippen molar-refractivity contribution < 1.29 is 23.8 Å². The lowest BCUT2D eigenvalue weighted by molar-refractivity contribution is -0.139. The van der Waals surface area contributed by atoms with Crippen molar-refractivity contribution in [3.8, 4) is 17.2 Å². The van der Waals surface area contributed by atoms with Crippen molar-refractivity contribution in [3.05, 3.63) is 42.5 Å². The molecule has 0 atom stereocenters. The highest BCUT2D eigenvalue weighted by molar-refractivity contribution is 5.91. The van der Waals surface area contributed by atoms with Gasteiger partial charge >= 0.3 is 5.97 Å². The Kier molecular flexibility index (Phi) is 5.40. The number of aliphatic carboxylic acids is 1. The fraction of sp³-hybridized carbons (Fsp3) is 0.250. The molecule has 2 aromatic carbocycles. The lowest BCUT2D eigenvalue weighted by Gasteiger charge is -2.12. The minimum absolute atomic E-state index is 0.121. The van der Waals surface area contributed by atoms with Crippen molar-refractivity contribution in [3.63, 3.8) is 0 Å². The van der Waals surface area contributed by atoms with Gasteiger partial charge in [-0.1, -0.05) is 26.0 Å². The number of nitrogens with zero attached hydrogens (tertiary/aromatic N) is 1. The maximum atomic E-state index is 12.0. The molecule has 3 aromatic rings. The van der Waals surface area contributed by atoms with Crippen molar-refractivity contribution in [2.24, 2.45) is 5.92 Å². The second kappa shape index (κ2) is 7.90. The second-order valence-corrected chi connectivity index (χ2v) is 6.53. The first-order chi connectivity index (χ1) is 12.9. The van der Waals surface area contributed by atoms with Crippen molar-refractivity contribution in [1.82, 2.24) is 4.98 Å². The summed E-state index contributed by atoms with van der Waals surface area (Å²) in [6.07, 6.45) is 0.387. The van der Waals surface area contributed by atoms with Crippen LogP contribution in [0, 0.1) is 5.92 Å². The molecular weight excluding hydrogens is 348 g/mol. The van der Waals surface area contributed by atoms with E-state index in [1.54, 1.807) is 24.3 Å². The molecule has 140 valence electrons. The number of hydrogen-bond acceptors (Lipinski definition) is 5.